The minimum absolute atomic E-state index is 0.265. The number of nitrogens with zero attached hydrogens (tertiary/aromatic N) is 5. The van der Waals surface area contributed by atoms with Crippen molar-refractivity contribution in [2.75, 3.05) is 44.6 Å². The molecule has 3 heterocycles. The zero-order chi connectivity index (χ0) is 25.4. The largest absolute Gasteiger partial charge is 0.493 e. The summed E-state index contributed by atoms with van der Waals surface area (Å²) in [6, 6.07) is 5.01. The molecule has 12 heteroatoms. The van der Waals surface area contributed by atoms with Crippen molar-refractivity contribution in [1.29, 1.82) is 0 Å². The Bertz CT molecular complexity index is 1420. The first kappa shape index (κ1) is 24.7. The third-order valence-electron chi connectivity index (χ3n) is 7.00. The van der Waals surface area contributed by atoms with Crippen molar-refractivity contribution in [3.8, 4) is 17.1 Å². The number of hydrogen-bond acceptors (Lipinski definition) is 7. The van der Waals surface area contributed by atoms with E-state index in [0.29, 0.717) is 66.8 Å². The lowest BCUT2D eigenvalue weighted by molar-refractivity contribution is 0.223. The van der Waals surface area contributed by atoms with Gasteiger partial charge in [0.2, 0.25) is 0 Å². The van der Waals surface area contributed by atoms with E-state index in [4.69, 9.17) is 14.8 Å². The predicted molar refractivity (Wildman–Crippen MR) is 138 cm³/mol. The number of imidazole rings is 1. The second-order valence-corrected chi connectivity index (χ2v) is 11.2. The molecule has 0 atom stereocenters. The average molecular weight is 516 g/mol. The molecule has 1 aromatic carbocycles. The number of fused-ring (bicyclic) bond motifs is 1. The molecule has 2 fully saturated rings. The molecule has 2 aliphatic rings. The molecule has 194 valence electrons. The molecular weight excluding hydrogens is 482 g/mol. The maximum absolute atomic E-state index is 13.1. The predicted octanol–water partition coefficient (Wildman–Crippen LogP) is 2.35. The molecule has 1 aliphatic carbocycles. The quantitative estimate of drug-likeness (QED) is 0.495. The van der Waals surface area contributed by atoms with Crippen LogP contribution in [0, 0.1) is 6.92 Å². The van der Waals surface area contributed by atoms with E-state index in [2.05, 4.69) is 14.6 Å². The van der Waals surface area contributed by atoms with E-state index < -0.39 is 10.2 Å². The van der Waals surface area contributed by atoms with Crippen molar-refractivity contribution in [2.24, 2.45) is 0 Å². The number of piperazine rings is 1. The fraction of sp³-hybridized carbons (Fsp3) is 0.542. The van der Waals surface area contributed by atoms with Gasteiger partial charge in [-0.2, -0.15) is 12.7 Å². The molecule has 0 radical (unpaired) electrons. The number of H-pyrrole nitrogens is 1. The highest BCUT2D eigenvalue weighted by molar-refractivity contribution is 7.90. The first-order valence-corrected chi connectivity index (χ1v) is 13.9. The summed E-state index contributed by atoms with van der Waals surface area (Å²) in [4.78, 5) is 22.8. The number of aryl methyl sites for hydroxylation is 1. The van der Waals surface area contributed by atoms with E-state index >= 15 is 0 Å². The molecule has 36 heavy (non-hydrogen) atoms. The summed E-state index contributed by atoms with van der Waals surface area (Å²) in [5.41, 5.74) is 1.66. The van der Waals surface area contributed by atoms with Gasteiger partial charge in [-0.1, -0.05) is 12.8 Å². The number of hydrogen-bond donors (Lipinski definition) is 2. The van der Waals surface area contributed by atoms with E-state index in [1.807, 2.05) is 20.9 Å². The Balaban J connectivity index is 1.55. The van der Waals surface area contributed by atoms with Gasteiger partial charge in [-0.05, 0) is 51.9 Å². The lowest BCUT2D eigenvalue weighted by Crippen LogP contribution is -2.48. The summed E-state index contributed by atoms with van der Waals surface area (Å²) in [5, 5.41) is 4.78. The molecule has 1 aliphatic heterocycles. The van der Waals surface area contributed by atoms with Crippen LogP contribution in [0.25, 0.3) is 16.9 Å². The van der Waals surface area contributed by atoms with E-state index in [1.54, 1.807) is 22.7 Å². The smallest absolute Gasteiger partial charge is 0.301 e. The van der Waals surface area contributed by atoms with Crippen LogP contribution in [0.15, 0.2) is 23.0 Å². The van der Waals surface area contributed by atoms with Gasteiger partial charge in [-0.3, -0.25) is 9.52 Å². The molecule has 3 aromatic rings. The lowest BCUT2D eigenvalue weighted by atomic mass is 10.1. The fourth-order valence-corrected chi connectivity index (χ4v) is 6.26. The number of rotatable bonds is 7. The Morgan fingerprint density at radius 1 is 1.17 bits per heavy atom. The zero-order valence-corrected chi connectivity index (χ0v) is 21.8. The Labute approximate surface area is 210 Å². The first-order valence-electron chi connectivity index (χ1n) is 12.5. The summed E-state index contributed by atoms with van der Waals surface area (Å²) in [6.07, 6.45) is 4.32. The van der Waals surface area contributed by atoms with Gasteiger partial charge >= 0.3 is 10.2 Å². The van der Waals surface area contributed by atoms with Gasteiger partial charge < -0.3 is 14.6 Å². The molecule has 0 amide bonds. The number of benzene rings is 1. The Kier molecular flexibility index (Phi) is 6.75. The van der Waals surface area contributed by atoms with Crippen molar-refractivity contribution in [3.63, 3.8) is 0 Å². The van der Waals surface area contributed by atoms with Crippen molar-refractivity contribution in [3.05, 3.63) is 40.1 Å². The van der Waals surface area contributed by atoms with Crippen LogP contribution in [0.1, 0.15) is 50.0 Å². The maximum atomic E-state index is 13.1. The molecule has 2 aromatic heterocycles. The van der Waals surface area contributed by atoms with Crippen LogP contribution in [0.5, 0.6) is 5.75 Å². The number of anilines is 1. The second-order valence-electron chi connectivity index (χ2n) is 9.55. The van der Waals surface area contributed by atoms with Crippen LogP contribution in [0.3, 0.4) is 0 Å². The van der Waals surface area contributed by atoms with Crippen LogP contribution < -0.4 is 15.0 Å². The molecule has 2 N–H and O–H groups in total. The van der Waals surface area contributed by atoms with Crippen molar-refractivity contribution in [1.82, 2.24) is 28.8 Å². The van der Waals surface area contributed by atoms with Crippen LogP contribution in [-0.4, -0.2) is 77.0 Å². The van der Waals surface area contributed by atoms with Crippen molar-refractivity contribution in [2.45, 2.75) is 45.4 Å². The van der Waals surface area contributed by atoms with Crippen molar-refractivity contribution >= 4 is 21.4 Å². The molecule has 1 saturated carbocycles. The molecule has 11 nitrogen and oxygen atoms in total. The van der Waals surface area contributed by atoms with E-state index in [1.165, 1.54) is 4.31 Å². The van der Waals surface area contributed by atoms with Gasteiger partial charge in [0.05, 0.1) is 23.6 Å². The minimum atomic E-state index is -3.73. The Morgan fingerprint density at radius 3 is 2.58 bits per heavy atom. The minimum Gasteiger partial charge on any atom is -0.493 e. The van der Waals surface area contributed by atoms with Gasteiger partial charge in [-0.15, -0.1) is 5.10 Å². The number of likely N-dealkylation sites (N-methyl/N-ethyl adjacent to an activating group) is 1. The molecule has 0 unspecified atom stereocenters. The van der Waals surface area contributed by atoms with Crippen LogP contribution in [0.2, 0.25) is 0 Å². The van der Waals surface area contributed by atoms with Gasteiger partial charge in [0.25, 0.3) is 5.56 Å². The monoisotopic (exact) mass is 515 g/mol. The SMILES string of the molecule is CCOc1ccc(NS(=O)(=O)N2CCN(C)CC2)cc1-c1nn2c(C3CCCC3)nc(C)c2c(=O)[nH]1. The Hall–Kier alpha value is -2.96. The first-order chi connectivity index (χ1) is 17.3. The molecular formula is C24H33N7O4S. The van der Waals surface area contributed by atoms with E-state index in [0.717, 1.165) is 31.5 Å². The third-order valence-corrected chi connectivity index (χ3v) is 8.54. The summed E-state index contributed by atoms with van der Waals surface area (Å²) >= 11 is 0. The summed E-state index contributed by atoms with van der Waals surface area (Å²) < 4.78 is 37.6. The highest BCUT2D eigenvalue weighted by Crippen LogP contribution is 2.35. The number of aromatic amines is 1. The molecule has 5 rings (SSSR count). The number of aromatic nitrogens is 4. The van der Waals surface area contributed by atoms with Crippen LogP contribution >= 0.6 is 0 Å². The van der Waals surface area contributed by atoms with Gasteiger partial charge in [0, 0.05) is 32.1 Å². The van der Waals surface area contributed by atoms with Gasteiger partial charge in [0.1, 0.15) is 11.6 Å². The molecule has 0 bridgehead atoms. The zero-order valence-electron chi connectivity index (χ0n) is 21.0. The second kappa shape index (κ2) is 9.83. The lowest BCUT2D eigenvalue weighted by Gasteiger charge is -2.31. The third kappa shape index (κ3) is 4.72. The highest BCUT2D eigenvalue weighted by atomic mass is 32.2. The highest BCUT2D eigenvalue weighted by Gasteiger charge is 2.27. The Morgan fingerprint density at radius 2 is 1.89 bits per heavy atom. The summed E-state index contributed by atoms with van der Waals surface area (Å²) in [5.74, 6) is 1.87. The molecule has 1 saturated heterocycles. The standard InChI is InChI=1S/C24H33N7O4S/c1-4-35-20-10-9-18(28-36(33,34)30-13-11-29(3)12-14-30)15-19(20)22-26-24(32)21-16(2)25-23(31(21)27-22)17-7-5-6-8-17/h9-10,15,17,28H,4-8,11-14H2,1-3H3,(H,26,27,32). The van der Waals surface area contributed by atoms with E-state index in [-0.39, 0.29) is 11.5 Å². The van der Waals surface area contributed by atoms with Gasteiger partial charge in [-0.25, -0.2) is 9.50 Å². The topological polar surface area (TPSA) is 125 Å². The summed E-state index contributed by atoms with van der Waals surface area (Å²) in [6.45, 7) is 6.29. The van der Waals surface area contributed by atoms with Gasteiger partial charge in [0.15, 0.2) is 11.3 Å². The number of nitrogens with one attached hydrogen (secondary N) is 2. The number of ether oxygens (including phenoxy) is 1. The van der Waals surface area contributed by atoms with Crippen LogP contribution in [0.4, 0.5) is 5.69 Å². The van der Waals surface area contributed by atoms with E-state index in [9.17, 15) is 13.2 Å². The average Bonchev–Trinajstić information content (AvgIpc) is 3.48. The normalized spacial score (nSPS) is 18.2. The maximum Gasteiger partial charge on any atom is 0.301 e. The fourth-order valence-electron chi connectivity index (χ4n) is 5.06. The summed E-state index contributed by atoms with van der Waals surface area (Å²) in [7, 11) is -1.76. The van der Waals surface area contributed by atoms with Crippen LogP contribution in [-0.2, 0) is 10.2 Å². The van der Waals surface area contributed by atoms with Crippen molar-refractivity contribution < 1.29 is 13.2 Å². The molecule has 0 spiro atoms.